The lowest BCUT2D eigenvalue weighted by molar-refractivity contribution is 0.463. The molecule has 0 aliphatic carbocycles. The molecule has 2 aliphatic heterocycles. The minimum absolute atomic E-state index is 0.0195. The number of imidazole rings is 1. The van der Waals surface area contributed by atoms with E-state index in [0.29, 0.717) is 5.88 Å². The Kier molecular flexibility index (Phi) is 9.63. The molecule has 0 N–H and O–H groups in total. The molecule has 324 valence electrons. The molecule has 0 radical (unpaired) electrons. The highest BCUT2D eigenvalue weighted by Gasteiger charge is 2.44. The van der Waals surface area contributed by atoms with Crippen molar-refractivity contribution in [3.05, 3.63) is 192 Å². The maximum absolute atomic E-state index is 6.55. The van der Waals surface area contributed by atoms with Gasteiger partial charge in [0.25, 0.3) is 6.71 Å². The third-order valence-corrected chi connectivity index (χ3v) is 13.5. The van der Waals surface area contributed by atoms with Gasteiger partial charge in [-0.2, -0.15) is 0 Å². The van der Waals surface area contributed by atoms with Gasteiger partial charge in [-0.25, -0.2) is 9.97 Å². The third-order valence-electron chi connectivity index (χ3n) is 13.5. The van der Waals surface area contributed by atoms with E-state index in [2.05, 4.69) is 221 Å². The molecule has 9 aromatic rings. The number of ether oxygens (including phenoxy) is 1. The van der Waals surface area contributed by atoms with Gasteiger partial charge in [-0.15, -0.1) is 0 Å². The largest absolute Gasteiger partial charge is 0.439 e. The number of aromatic nitrogens is 3. The molecule has 7 aromatic carbocycles. The van der Waals surface area contributed by atoms with Crippen LogP contribution in [-0.4, -0.2) is 21.2 Å². The summed E-state index contributed by atoms with van der Waals surface area (Å²) >= 11 is 0. The first kappa shape index (κ1) is 41.3. The van der Waals surface area contributed by atoms with Crippen LogP contribution in [0, 0.1) is 20.8 Å². The molecular weight excluding hydrogens is 805 g/mol. The van der Waals surface area contributed by atoms with Crippen LogP contribution in [0.2, 0.25) is 0 Å². The van der Waals surface area contributed by atoms with Crippen molar-refractivity contribution in [2.45, 2.75) is 73.1 Å². The number of hydrogen-bond donors (Lipinski definition) is 0. The van der Waals surface area contributed by atoms with Crippen molar-refractivity contribution in [3.8, 4) is 28.7 Å². The second-order valence-electron chi connectivity index (χ2n) is 20.2. The molecular formula is C59H54BN5O. The number of benzene rings is 7. The monoisotopic (exact) mass is 859 g/mol. The minimum atomic E-state index is -0.149. The summed E-state index contributed by atoms with van der Waals surface area (Å²) in [7, 11) is 0. The van der Waals surface area contributed by atoms with Crippen molar-refractivity contribution >= 4 is 68.3 Å². The Labute approximate surface area is 389 Å². The molecule has 2 aromatic heterocycles. The highest BCUT2D eigenvalue weighted by Crippen LogP contribution is 2.46. The molecule has 0 bridgehead atoms. The third kappa shape index (κ3) is 6.88. The number of nitrogens with zero attached hydrogens (tertiary/aromatic N) is 5. The predicted molar refractivity (Wildman–Crippen MR) is 276 cm³/mol. The summed E-state index contributed by atoms with van der Waals surface area (Å²) in [6.07, 6.45) is 1.77. The van der Waals surface area contributed by atoms with E-state index in [1.54, 1.807) is 6.20 Å². The second kappa shape index (κ2) is 15.4. The van der Waals surface area contributed by atoms with Crippen LogP contribution in [0.5, 0.6) is 11.6 Å². The molecule has 6 nitrogen and oxygen atoms in total. The lowest BCUT2D eigenvalue weighted by Gasteiger charge is -2.44. The zero-order valence-corrected chi connectivity index (χ0v) is 39.3. The van der Waals surface area contributed by atoms with Gasteiger partial charge in [0.1, 0.15) is 11.6 Å². The zero-order valence-electron chi connectivity index (χ0n) is 39.3. The Morgan fingerprint density at radius 2 is 1.11 bits per heavy atom. The first-order valence-corrected chi connectivity index (χ1v) is 23.1. The van der Waals surface area contributed by atoms with E-state index in [1.807, 2.05) is 18.2 Å². The molecule has 11 rings (SSSR count). The van der Waals surface area contributed by atoms with Crippen molar-refractivity contribution < 1.29 is 4.74 Å². The number of pyridine rings is 1. The van der Waals surface area contributed by atoms with Crippen LogP contribution in [0.3, 0.4) is 0 Å². The summed E-state index contributed by atoms with van der Waals surface area (Å²) in [5.41, 5.74) is 20.9. The molecule has 0 amide bonds. The molecule has 66 heavy (non-hydrogen) atoms. The van der Waals surface area contributed by atoms with Crippen molar-refractivity contribution in [1.82, 2.24) is 14.5 Å². The number of fused-ring (bicyclic) bond motifs is 5. The Morgan fingerprint density at radius 1 is 0.530 bits per heavy atom. The van der Waals surface area contributed by atoms with Crippen LogP contribution < -0.4 is 30.9 Å². The van der Waals surface area contributed by atoms with Crippen molar-refractivity contribution in [1.29, 1.82) is 0 Å². The Balaban J connectivity index is 1.19. The van der Waals surface area contributed by atoms with Gasteiger partial charge >= 0.3 is 0 Å². The summed E-state index contributed by atoms with van der Waals surface area (Å²) in [6, 6.07) is 57.5. The highest BCUT2D eigenvalue weighted by molar-refractivity contribution is 7.00. The summed E-state index contributed by atoms with van der Waals surface area (Å²) < 4.78 is 8.93. The Hall–Kier alpha value is -7.38. The summed E-state index contributed by atoms with van der Waals surface area (Å²) in [6.45, 7) is 20.1. The summed E-state index contributed by atoms with van der Waals surface area (Å²) in [4.78, 5) is 14.9. The number of anilines is 6. The van der Waals surface area contributed by atoms with E-state index in [1.165, 1.54) is 44.4 Å². The molecule has 0 saturated carbocycles. The van der Waals surface area contributed by atoms with E-state index in [4.69, 9.17) is 9.72 Å². The fraction of sp³-hybridized carbons (Fsp3) is 0.186. The standard InChI is InChI=1S/C59H54BN5O/c1-37-33-38(2)56(39(3)34-37)65-51-16-11-10-15-48(51)62-57(65)40-20-30-49-46(35-40)60-47-36-45(66-54-19-12-13-32-61-54)29-31-50(47)64(44-27-23-42(24-28-44)59(7,8)9)53-18-14-17-52(55(53)60)63(49)43-25-21-41(22-26-43)58(4,5)6/h10-36H,1-9H3. The molecule has 0 fully saturated rings. The maximum Gasteiger partial charge on any atom is 0.252 e. The SMILES string of the molecule is Cc1cc(C)c(-n2c(-c3ccc4c(c3)B3c5cc(Oc6ccccn6)ccc5N(c5ccc(C(C)(C)C)cc5)c5cccc(c53)N4c3ccc(C(C)(C)C)cc3)nc3ccccc32)c(C)c1. The summed E-state index contributed by atoms with van der Waals surface area (Å²) in [5, 5.41) is 0. The first-order valence-electron chi connectivity index (χ1n) is 23.1. The lowest BCUT2D eigenvalue weighted by atomic mass is 9.33. The topological polar surface area (TPSA) is 46.4 Å². The van der Waals surface area contributed by atoms with E-state index >= 15 is 0 Å². The molecule has 2 aliphatic rings. The Bertz CT molecular complexity index is 3300. The average Bonchev–Trinajstić information content (AvgIpc) is 3.67. The van der Waals surface area contributed by atoms with Crippen LogP contribution >= 0.6 is 0 Å². The van der Waals surface area contributed by atoms with Gasteiger partial charge in [-0.1, -0.05) is 114 Å². The molecule has 0 spiro atoms. The lowest BCUT2D eigenvalue weighted by Crippen LogP contribution is -2.61. The van der Waals surface area contributed by atoms with Gasteiger partial charge in [0.2, 0.25) is 5.88 Å². The number of para-hydroxylation sites is 2. The van der Waals surface area contributed by atoms with Gasteiger partial charge in [-0.3, -0.25) is 4.57 Å². The molecule has 0 unspecified atom stereocenters. The molecule has 0 saturated heterocycles. The van der Waals surface area contributed by atoms with E-state index in [-0.39, 0.29) is 17.5 Å². The van der Waals surface area contributed by atoms with E-state index in [9.17, 15) is 0 Å². The highest BCUT2D eigenvalue weighted by atomic mass is 16.5. The number of aryl methyl sites for hydroxylation is 3. The normalized spacial score (nSPS) is 13.1. The molecule has 0 atom stereocenters. The average molecular weight is 860 g/mol. The molecule has 4 heterocycles. The van der Waals surface area contributed by atoms with Crippen LogP contribution in [0.15, 0.2) is 164 Å². The number of rotatable bonds is 6. The Morgan fingerprint density at radius 3 is 1.70 bits per heavy atom. The van der Waals surface area contributed by atoms with Crippen LogP contribution in [0.4, 0.5) is 34.1 Å². The van der Waals surface area contributed by atoms with Crippen molar-refractivity contribution in [2.75, 3.05) is 9.80 Å². The first-order chi connectivity index (χ1) is 31.7. The predicted octanol–water partition coefficient (Wildman–Crippen LogP) is 13.5. The fourth-order valence-corrected chi connectivity index (χ4v) is 10.4. The molecule has 7 heteroatoms. The van der Waals surface area contributed by atoms with Gasteiger partial charge in [0.15, 0.2) is 0 Å². The fourth-order valence-electron chi connectivity index (χ4n) is 10.4. The smallest absolute Gasteiger partial charge is 0.252 e. The van der Waals surface area contributed by atoms with Crippen molar-refractivity contribution in [3.63, 3.8) is 0 Å². The summed E-state index contributed by atoms with van der Waals surface area (Å²) in [5.74, 6) is 2.21. The van der Waals surface area contributed by atoms with Crippen LogP contribution in [0.1, 0.15) is 69.4 Å². The van der Waals surface area contributed by atoms with Gasteiger partial charge in [-0.05, 0) is 155 Å². The van der Waals surface area contributed by atoms with E-state index in [0.717, 1.165) is 67.8 Å². The van der Waals surface area contributed by atoms with Gasteiger partial charge in [0, 0.05) is 52.0 Å². The van der Waals surface area contributed by atoms with Gasteiger partial charge in [0.05, 0.1) is 16.7 Å². The quantitative estimate of drug-likeness (QED) is 0.156. The van der Waals surface area contributed by atoms with E-state index < -0.39 is 0 Å². The number of hydrogen-bond acceptors (Lipinski definition) is 5. The van der Waals surface area contributed by atoms with Gasteiger partial charge < -0.3 is 14.5 Å². The zero-order chi connectivity index (χ0) is 45.6. The van der Waals surface area contributed by atoms with Crippen LogP contribution in [0.25, 0.3) is 28.1 Å². The van der Waals surface area contributed by atoms with Crippen molar-refractivity contribution in [2.24, 2.45) is 0 Å². The minimum Gasteiger partial charge on any atom is -0.439 e. The second-order valence-corrected chi connectivity index (χ2v) is 20.2. The maximum atomic E-state index is 6.55. The van der Waals surface area contributed by atoms with Crippen LogP contribution in [-0.2, 0) is 10.8 Å².